The Hall–Kier alpha value is -4.26. The second-order valence-electron chi connectivity index (χ2n) is 7.40. The Kier molecular flexibility index (Phi) is 5.81. The van der Waals surface area contributed by atoms with Gasteiger partial charge in [0.05, 0.1) is 5.57 Å². The first-order valence-corrected chi connectivity index (χ1v) is 10.0. The van der Waals surface area contributed by atoms with Crippen LogP contribution in [0.1, 0.15) is 29.7 Å². The van der Waals surface area contributed by atoms with E-state index in [-0.39, 0.29) is 11.7 Å². The number of halogens is 1. The van der Waals surface area contributed by atoms with Gasteiger partial charge in [-0.15, -0.1) is 0 Å². The SMILES string of the molecule is CC1=C(C(=O)Nc2ccc(N)c(C=N)c2)C(c2ccc(F)cc2)N=C(c2ccccc2)N1. The highest BCUT2D eigenvalue weighted by molar-refractivity contribution is 6.09. The lowest BCUT2D eigenvalue weighted by Gasteiger charge is -2.27. The molecule has 7 heteroatoms. The normalized spacial score (nSPS) is 15.6. The van der Waals surface area contributed by atoms with Crippen molar-refractivity contribution in [1.82, 2.24) is 5.32 Å². The molecule has 3 aromatic carbocycles. The number of carbonyl (C=O) groups excluding carboxylic acids is 1. The minimum atomic E-state index is -0.622. The van der Waals surface area contributed by atoms with Crippen LogP contribution in [-0.2, 0) is 4.79 Å². The summed E-state index contributed by atoms with van der Waals surface area (Å²) in [5, 5.41) is 13.6. The standard InChI is InChI=1S/C25H22FN5O/c1-15-22(25(32)30-20-11-12-21(28)18(13-20)14-27)23(16-7-9-19(26)10-8-16)31-24(29-15)17-5-3-2-4-6-17/h2-14,23,27H,28H2,1H3,(H,29,31)(H,30,32). The van der Waals surface area contributed by atoms with Crippen molar-refractivity contribution in [3.63, 3.8) is 0 Å². The third-order valence-electron chi connectivity index (χ3n) is 5.22. The van der Waals surface area contributed by atoms with Crippen molar-refractivity contribution in [2.75, 3.05) is 11.1 Å². The van der Waals surface area contributed by atoms with Gasteiger partial charge in [-0.05, 0) is 42.8 Å². The third kappa shape index (κ3) is 4.27. The Labute approximate surface area is 185 Å². The van der Waals surface area contributed by atoms with Crippen LogP contribution in [0, 0.1) is 11.2 Å². The summed E-state index contributed by atoms with van der Waals surface area (Å²) in [6.07, 6.45) is 1.13. The molecular weight excluding hydrogens is 405 g/mol. The first kappa shape index (κ1) is 21.0. The number of amidine groups is 1. The molecule has 0 aliphatic carbocycles. The number of amides is 1. The smallest absolute Gasteiger partial charge is 0.255 e. The quantitative estimate of drug-likeness (QED) is 0.358. The van der Waals surface area contributed by atoms with Crippen LogP contribution < -0.4 is 16.4 Å². The molecule has 1 atom stereocenters. The van der Waals surface area contributed by atoms with Crippen LogP contribution in [0.4, 0.5) is 15.8 Å². The maximum atomic E-state index is 13.6. The van der Waals surface area contributed by atoms with Gasteiger partial charge in [0.15, 0.2) is 0 Å². The lowest BCUT2D eigenvalue weighted by atomic mass is 9.94. The monoisotopic (exact) mass is 427 g/mol. The van der Waals surface area contributed by atoms with Crippen LogP contribution in [0.5, 0.6) is 0 Å². The average molecular weight is 427 g/mol. The maximum Gasteiger partial charge on any atom is 0.255 e. The van der Waals surface area contributed by atoms with Gasteiger partial charge in [0, 0.05) is 34.4 Å². The number of nitrogens with one attached hydrogen (secondary N) is 3. The molecule has 5 N–H and O–H groups in total. The molecule has 1 aliphatic heterocycles. The second-order valence-corrected chi connectivity index (χ2v) is 7.40. The summed E-state index contributed by atoms with van der Waals surface area (Å²) >= 11 is 0. The van der Waals surface area contributed by atoms with E-state index in [9.17, 15) is 9.18 Å². The number of rotatable bonds is 5. The first-order chi connectivity index (χ1) is 15.5. The van der Waals surface area contributed by atoms with Crippen LogP contribution in [0.15, 0.2) is 89.1 Å². The maximum absolute atomic E-state index is 13.6. The molecule has 0 saturated carbocycles. The number of benzene rings is 3. The molecule has 3 aromatic rings. The highest BCUT2D eigenvalue weighted by atomic mass is 19.1. The summed E-state index contributed by atoms with van der Waals surface area (Å²) in [6, 6.07) is 19.9. The van der Waals surface area contributed by atoms with Crippen molar-refractivity contribution < 1.29 is 9.18 Å². The van der Waals surface area contributed by atoms with E-state index < -0.39 is 6.04 Å². The van der Waals surface area contributed by atoms with E-state index >= 15 is 0 Å². The van der Waals surface area contributed by atoms with Gasteiger partial charge in [-0.3, -0.25) is 9.79 Å². The number of aliphatic imine (C=N–C) groups is 1. The van der Waals surface area contributed by atoms with E-state index in [0.717, 1.165) is 11.8 Å². The van der Waals surface area contributed by atoms with E-state index in [2.05, 4.69) is 10.6 Å². The van der Waals surface area contributed by atoms with Gasteiger partial charge in [0.1, 0.15) is 17.7 Å². The molecule has 0 radical (unpaired) electrons. The molecule has 160 valence electrons. The summed E-state index contributed by atoms with van der Waals surface area (Å²) < 4.78 is 13.6. The van der Waals surface area contributed by atoms with Crippen molar-refractivity contribution in [3.8, 4) is 0 Å². The van der Waals surface area contributed by atoms with Crippen LogP contribution in [-0.4, -0.2) is 18.0 Å². The second kappa shape index (κ2) is 8.85. The number of allylic oxidation sites excluding steroid dienone is 1. The fraction of sp³-hybridized carbons (Fsp3) is 0.0800. The lowest BCUT2D eigenvalue weighted by Crippen LogP contribution is -2.34. The molecule has 0 fully saturated rings. The summed E-state index contributed by atoms with van der Waals surface area (Å²) in [7, 11) is 0. The molecule has 32 heavy (non-hydrogen) atoms. The minimum Gasteiger partial charge on any atom is -0.398 e. The molecule has 4 rings (SSSR count). The highest BCUT2D eigenvalue weighted by Gasteiger charge is 2.29. The summed E-state index contributed by atoms with van der Waals surface area (Å²) in [5.41, 5.74) is 9.97. The molecule has 0 spiro atoms. The van der Waals surface area contributed by atoms with Crippen LogP contribution in [0.3, 0.4) is 0 Å². The Balaban J connectivity index is 1.72. The molecular formula is C25H22FN5O. The van der Waals surface area contributed by atoms with Crippen molar-refractivity contribution in [2.45, 2.75) is 13.0 Å². The van der Waals surface area contributed by atoms with Crippen molar-refractivity contribution in [2.24, 2.45) is 4.99 Å². The number of nitrogens with zero attached hydrogens (tertiary/aromatic N) is 1. The molecule has 0 bridgehead atoms. The van der Waals surface area contributed by atoms with Crippen LogP contribution in [0.25, 0.3) is 0 Å². The van der Waals surface area contributed by atoms with Gasteiger partial charge in [-0.25, -0.2) is 4.39 Å². The van der Waals surface area contributed by atoms with Gasteiger partial charge in [-0.2, -0.15) is 0 Å². The van der Waals surface area contributed by atoms with Gasteiger partial charge < -0.3 is 21.8 Å². The van der Waals surface area contributed by atoms with Gasteiger partial charge >= 0.3 is 0 Å². The summed E-state index contributed by atoms with van der Waals surface area (Å²) in [4.78, 5) is 18.1. The number of nitrogens with two attached hydrogens (primary N) is 1. The van der Waals surface area contributed by atoms with Crippen molar-refractivity contribution in [1.29, 1.82) is 5.41 Å². The minimum absolute atomic E-state index is 0.346. The van der Waals surface area contributed by atoms with E-state index in [1.54, 1.807) is 30.3 Å². The molecule has 1 aliphatic rings. The van der Waals surface area contributed by atoms with Crippen molar-refractivity contribution >= 4 is 29.3 Å². The fourth-order valence-electron chi connectivity index (χ4n) is 3.58. The molecule has 0 aromatic heterocycles. The number of carbonyl (C=O) groups is 1. The topological polar surface area (TPSA) is 103 Å². The predicted molar refractivity (Wildman–Crippen MR) is 125 cm³/mol. The largest absolute Gasteiger partial charge is 0.398 e. The third-order valence-corrected chi connectivity index (χ3v) is 5.22. The number of hydrogen-bond acceptors (Lipinski definition) is 5. The van der Waals surface area contributed by atoms with E-state index in [1.165, 1.54) is 12.1 Å². The van der Waals surface area contributed by atoms with Gasteiger partial charge in [0.25, 0.3) is 5.91 Å². The van der Waals surface area contributed by atoms with Crippen molar-refractivity contribution in [3.05, 3.63) is 107 Å². The lowest BCUT2D eigenvalue weighted by molar-refractivity contribution is -0.113. The zero-order chi connectivity index (χ0) is 22.7. The zero-order valence-corrected chi connectivity index (χ0v) is 17.4. The molecule has 1 unspecified atom stereocenters. The Morgan fingerprint density at radius 2 is 1.84 bits per heavy atom. The highest BCUT2D eigenvalue weighted by Crippen LogP contribution is 2.32. The molecule has 1 heterocycles. The first-order valence-electron chi connectivity index (χ1n) is 10.0. The number of hydrogen-bond donors (Lipinski definition) is 4. The summed E-state index contributed by atoms with van der Waals surface area (Å²) in [5.74, 6) is -0.0730. The number of anilines is 2. The Morgan fingerprint density at radius 1 is 1.12 bits per heavy atom. The fourth-order valence-corrected chi connectivity index (χ4v) is 3.58. The van der Waals surface area contributed by atoms with Crippen LogP contribution in [0.2, 0.25) is 0 Å². The molecule has 1 amide bonds. The number of nitrogen functional groups attached to an aromatic ring is 1. The zero-order valence-electron chi connectivity index (χ0n) is 17.4. The van der Waals surface area contributed by atoms with Crippen LogP contribution >= 0.6 is 0 Å². The summed E-state index contributed by atoms with van der Waals surface area (Å²) in [6.45, 7) is 1.81. The van der Waals surface area contributed by atoms with E-state index in [4.69, 9.17) is 16.1 Å². The Morgan fingerprint density at radius 3 is 2.53 bits per heavy atom. The molecule has 0 saturated heterocycles. The van der Waals surface area contributed by atoms with E-state index in [0.29, 0.717) is 39.6 Å². The van der Waals surface area contributed by atoms with E-state index in [1.807, 2.05) is 37.3 Å². The average Bonchev–Trinajstić information content (AvgIpc) is 2.80. The predicted octanol–water partition coefficient (Wildman–Crippen LogP) is 4.41. The Bertz CT molecular complexity index is 1230. The molecule has 6 nitrogen and oxygen atoms in total. The van der Waals surface area contributed by atoms with Gasteiger partial charge in [0.2, 0.25) is 0 Å². The van der Waals surface area contributed by atoms with Gasteiger partial charge in [-0.1, -0.05) is 42.5 Å².